The van der Waals surface area contributed by atoms with E-state index in [4.69, 9.17) is 0 Å². The Morgan fingerprint density at radius 2 is 2.14 bits per heavy atom. The SMILES string of the molecule is CCCCN(CCO)C(=O)C1Cc2ccccc2NC1C. The molecular formula is C17H26N2O2. The van der Waals surface area contributed by atoms with Gasteiger partial charge in [0.15, 0.2) is 0 Å². The van der Waals surface area contributed by atoms with Gasteiger partial charge in [-0.25, -0.2) is 0 Å². The lowest BCUT2D eigenvalue weighted by Gasteiger charge is -2.35. The average molecular weight is 290 g/mol. The van der Waals surface area contributed by atoms with Crippen LogP contribution in [0.2, 0.25) is 0 Å². The van der Waals surface area contributed by atoms with Gasteiger partial charge < -0.3 is 15.3 Å². The van der Waals surface area contributed by atoms with Crippen LogP contribution in [0, 0.1) is 5.92 Å². The van der Waals surface area contributed by atoms with Crippen molar-refractivity contribution in [3.05, 3.63) is 29.8 Å². The van der Waals surface area contributed by atoms with Crippen molar-refractivity contribution in [1.29, 1.82) is 0 Å². The molecule has 2 atom stereocenters. The van der Waals surface area contributed by atoms with Crippen LogP contribution in [0.25, 0.3) is 0 Å². The van der Waals surface area contributed by atoms with Gasteiger partial charge in [0, 0.05) is 24.8 Å². The van der Waals surface area contributed by atoms with Crippen LogP contribution < -0.4 is 5.32 Å². The zero-order valence-electron chi connectivity index (χ0n) is 13.0. The molecule has 4 nitrogen and oxygen atoms in total. The summed E-state index contributed by atoms with van der Waals surface area (Å²) >= 11 is 0. The fourth-order valence-corrected chi connectivity index (χ4v) is 2.94. The molecule has 0 aromatic heterocycles. The lowest BCUT2D eigenvalue weighted by Crippen LogP contribution is -2.46. The number of hydrogen-bond acceptors (Lipinski definition) is 3. The maximum absolute atomic E-state index is 12.8. The summed E-state index contributed by atoms with van der Waals surface area (Å²) in [6.45, 7) is 5.38. The molecule has 0 radical (unpaired) electrons. The number of carbonyl (C=O) groups is 1. The molecule has 1 heterocycles. The van der Waals surface area contributed by atoms with Crippen LogP contribution in [0.15, 0.2) is 24.3 Å². The van der Waals surface area contributed by atoms with Crippen LogP contribution >= 0.6 is 0 Å². The highest BCUT2D eigenvalue weighted by Crippen LogP contribution is 2.29. The lowest BCUT2D eigenvalue weighted by atomic mass is 9.87. The first-order valence-corrected chi connectivity index (χ1v) is 7.91. The van der Waals surface area contributed by atoms with E-state index in [0.717, 1.165) is 31.5 Å². The number of fused-ring (bicyclic) bond motifs is 1. The number of nitrogens with one attached hydrogen (secondary N) is 1. The quantitative estimate of drug-likeness (QED) is 0.845. The zero-order chi connectivity index (χ0) is 15.2. The number of aliphatic hydroxyl groups is 1. The van der Waals surface area contributed by atoms with Gasteiger partial charge in [-0.3, -0.25) is 4.79 Å². The van der Waals surface area contributed by atoms with E-state index in [9.17, 15) is 9.90 Å². The van der Waals surface area contributed by atoms with Crippen molar-refractivity contribution >= 4 is 11.6 Å². The number of para-hydroxylation sites is 1. The van der Waals surface area contributed by atoms with E-state index in [1.54, 1.807) is 0 Å². The summed E-state index contributed by atoms with van der Waals surface area (Å²) in [4.78, 5) is 14.6. The maximum atomic E-state index is 12.8. The second-order valence-electron chi connectivity index (χ2n) is 5.80. The maximum Gasteiger partial charge on any atom is 0.228 e. The van der Waals surface area contributed by atoms with Gasteiger partial charge in [-0.15, -0.1) is 0 Å². The largest absolute Gasteiger partial charge is 0.395 e. The third-order valence-corrected chi connectivity index (χ3v) is 4.22. The second-order valence-corrected chi connectivity index (χ2v) is 5.80. The summed E-state index contributed by atoms with van der Waals surface area (Å²) in [7, 11) is 0. The Morgan fingerprint density at radius 1 is 1.38 bits per heavy atom. The fourth-order valence-electron chi connectivity index (χ4n) is 2.94. The Bertz CT molecular complexity index is 476. The molecule has 1 aromatic rings. The number of carbonyl (C=O) groups excluding carboxylic acids is 1. The molecule has 2 N–H and O–H groups in total. The minimum Gasteiger partial charge on any atom is -0.395 e. The van der Waals surface area contributed by atoms with Crippen molar-refractivity contribution in [2.75, 3.05) is 25.0 Å². The number of hydrogen-bond donors (Lipinski definition) is 2. The third-order valence-electron chi connectivity index (χ3n) is 4.22. The van der Waals surface area contributed by atoms with Gasteiger partial charge >= 0.3 is 0 Å². The molecule has 4 heteroatoms. The van der Waals surface area contributed by atoms with E-state index >= 15 is 0 Å². The summed E-state index contributed by atoms with van der Waals surface area (Å²) < 4.78 is 0. The van der Waals surface area contributed by atoms with E-state index < -0.39 is 0 Å². The number of benzene rings is 1. The molecule has 116 valence electrons. The first-order valence-electron chi connectivity index (χ1n) is 7.91. The topological polar surface area (TPSA) is 52.6 Å². The van der Waals surface area contributed by atoms with Crippen LogP contribution in [0.1, 0.15) is 32.3 Å². The molecule has 1 amide bonds. The normalized spacial score (nSPS) is 20.5. The molecule has 0 spiro atoms. The van der Waals surface area contributed by atoms with E-state index in [1.165, 1.54) is 5.56 Å². The Hall–Kier alpha value is -1.55. The molecular weight excluding hydrogens is 264 g/mol. The van der Waals surface area contributed by atoms with Gasteiger partial charge in [-0.1, -0.05) is 31.5 Å². The number of unbranched alkanes of at least 4 members (excludes halogenated alkanes) is 1. The minimum absolute atomic E-state index is 0.0283. The number of rotatable bonds is 6. The zero-order valence-corrected chi connectivity index (χ0v) is 13.0. The predicted molar refractivity (Wildman–Crippen MR) is 85.3 cm³/mol. The van der Waals surface area contributed by atoms with Crippen molar-refractivity contribution in [2.24, 2.45) is 5.92 Å². The average Bonchev–Trinajstić information content (AvgIpc) is 2.50. The molecule has 2 unspecified atom stereocenters. The molecule has 0 fully saturated rings. The monoisotopic (exact) mass is 290 g/mol. The summed E-state index contributed by atoms with van der Waals surface area (Å²) in [5, 5.41) is 12.6. The van der Waals surface area contributed by atoms with Gasteiger partial charge in [0.2, 0.25) is 5.91 Å². The van der Waals surface area contributed by atoms with Gasteiger partial charge in [-0.2, -0.15) is 0 Å². The highest BCUT2D eigenvalue weighted by Gasteiger charge is 2.32. The number of anilines is 1. The number of amides is 1. The van der Waals surface area contributed by atoms with Gasteiger partial charge in [-0.05, 0) is 31.4 Å². The van der Waals surface area contributed by atoms with E-state index in [0.29, 0.717) is 6.54 Å². The molecule has 0 saturated carbocycles. The van der Waals surface area contributed by atoms with E-state index in [1.807, 2.05) is 17.0 Å². The number of aliphatic hydroxyl groups excluding tert-OH is 1. The smallest absolute Gasteiger partial charge is 0.228 e. The van der Waals surface area contributed by atoms with Crippen molar-refractivity contribution < 1.29 is 9.90 Å². The molecule has 0 aliphatic carbocycles. The van der Waals surface area contributed by atoms with Crippen LogP contribution in [-0.4, -0.2) is 41.7 Å². The van der Waals surface area contributed by atoms with Crippen LogP contribution in [0.4, 0.5) is 5.69 Å². The second kappa shape index (κ2) is 7.46. The molecule has 2 rings (SSSR count). The molecule has 1 aromatic carbocycles. The number of nitrogens with zero attached hydrogens (tertiary/aromatic N) is 1. The molecule has 1 aliphatic heterocycles. The molecule has 21 heavy (non-hydrogen) atoms. The standard InChI is InChI=1S/C17H26N2O2/c1-3-4-9-19(10-11-20)17(21)15-12-14-7-5-6-8-16(14)18-13(15)2/h5-8,13,15,18,20H,3-4,9-12H2,1-2H3. The lowest BCUT2D eigenvalue weighted by molar-refractivity contribution is -0.136. The van der Waals surface area contributed by atoms with Gasteiger partial charge in [0.25, 0.3) is 0 Å². The highest BCUT2D eigenvalue weighted by molar-refractivity contribution is 5.81. The van der Waals surface area contributed by atoms with Crippen LogP contribution in [-0.2, 0) is 11.2 Å². The Balaban J connectivity index is 2.10. The van der Waals surface area contributed by atoms with Gasteiger partial charge in [0.05, 0.1) is 12.5 Å². The first-order chi connectivity index (χ1) is 10.2. The molecule has 1 aliphatic rings. The minimum atomic E-state index is -0.0525. The predicted octanol–water partition coefficient (Wildman–Crippen LogP) is 2.28. The third kappa shape index (κ3) is 3.76. The Kier molecular flexibility index (Phi) is 5.62. The van der Waals surface area contributed by atoms with Crippen molar-refractivity contribution in [3.63, 3.8) is 0 Å². The van der Waals surface area contributed by atoms with E-state index in [2.05, 4.69) is 31.3 Å². The summed E-state index contributed by atoms with van der Waals surface area (Å²) in [6, 6.07) is 8.29. The van der Waals surface area contributed by atoms with Crippen molar-refractivity contribution in [1.82, 2.24) is 4.90 Å². The van der Waals surface area contributed by atoms with E-state index in [-0.39, 0.29) is 24.5 Å². The van der Waals surface area contributed by atoms with Crippen LogP contribution in [0.3, 0.4) is 0 Å². The molecule has 0 bridgehead atoms. The first kappa shape index (κ1) is 15.8. The molecule has 0 saturated heterocycles. The van der Waals surface area contributed by atoms with Crippen LogP contribution in [0.5, 0.6) is 0 Å². The summed E-state index contributed by atoms with van der Waals surface area (Å²) in [6.07, 6.45) is 2.81. The summed E-state index contributed by atoms with van der Waals surface area (Å²) in [5.41, 5.74) is 2.34. The van der Waals surface area contributed by atoms with Crippen molar-refractivity contribution in [3.8, 4) is 0 Å². The Labute approximate surface area is 127 Å². The van der Waals surface area contributed by atoms with Gasteiger partial charge in [0.1, 0.15) is 0 Å². The fraction of sp³-hybridized carbons (Fsp3) is 0.588. The Morgan fingerprint density at radius 3 is 2.86 bits per heavy atom. The van der Waals surface area contributed by atoms with Crippen molar-refractivity contribution in [2.45, 2.75) is 39.2 Å². The summed E-state index contributed by atoms with van der Waals surface area (Å²) in [5.74, 6) is 0.107. The highest BCUT2D eigenvalue weighted by atomic mass is 16.3.